The molecule has 0 bridgehead atoms. The molecule has 3 rings (SSSR count). The highest BCUT2D eigenvalue weighted by Gasteiger charge is 2.35. The molecule has 0 fully saturated rings. The number of fused-ring (bicyclic) bond motifs is 1. The minimum absolute atomic E-state index is 0.0264. The lowest BCUT2D eigenvalue weighted by molar-refractivity contribution is -0.141. The normalized spacial score (nSPS) is 13.7. The van der Waals surface area contributed by atoms with Crippen LogP contribution >= 0.6 is 0 Å². The van der Waals surface area contributed by atoms with E-state index in [9.17, 15) is 19.2 Å². The average molecular weight is 464 g/mol. The lowest BCUT2D eigenvalue weighted by Crippen LogP contribution is -2.51. The van der Waals surface area contributed by atoms with Crippen LogP contribution in [0, 0.1) is 0 Å². The Morgan fingerprint density at radius 1 is 0.941 bits per heavy atom. The summed E-state index contributed by atoms with van der Waals surface area (Å²) in [5, 5.41) is 2.92. The van der Waals surface area contributed by atoms with E-state index in [0.717, 1.165) is 5.56 Å². The van der Waals surface area contributed by atoms with Crippen molar-refractivity contribution in [1.29, 1.82) is 0 Å². The van der Waals surface area contributed by atoms with Crippen LogP contribution in [0.3, 0.4) is 0 Å². The van der Waals surface area contributed by atoms with Crippen LogP contribution in [0.2, 0.25) is 0 Å². The fourth-order valence-electron chi connectivity index (χ4n) is 4.25. The number of hydrogen-bond acceptors (Lipinski definition) is 4. The zero-order chi connectivity index (χ0) is 24.7. The van der Waals surface area contributed by atoms with E-state index in [0.29, 0.717) is 36.9 Å². The number of hydrogen-bond donors (Lipinski definition) is 1. The van der Waals surface area contributed by atoms with Crippen molar-refractivity contribution in [3.05, 3.63) is 71.3 Å². The molecule has 1 aliphatic rings. The van der Waals surface area contributed by atoms with Crippen LogP contribution in [0.25, 0.3) is 0 Å². The van der Waals surface area contributed by atoms with Gasteiger partial charge in [0.2, 0.25) is 11.8 Å². The van der Waals surface area contributed by atoms with E-state index in [4.69, 9.17) is 0 Å². The number of imide groups is 1. The summed E-state index contributed by atoms with van der Waals surface area (Å²) in [6.07, 6.45) is 1.62. The fraction of sp³-hybridized carbons (Fsp3) is 0.407. The van der Waals surface area contributed by atoms with Crippen LogP contribution in [0.15, 0.2) is 54.6 Å². The van der Waals surface area contributed by atoms with Gasteiger partial charge in [0.1, 0.15) is 6.04 Å². The summed E-state index contributed by atoms with van der Waals surface area (Å²) in [6, 6.07) is 16.0. The third kappa shape index (κ3) is 5.90. The van der Waals surface area contributed by atoms with Crippen molar-refractivity contribution in [1.82, 2.24) is 15.1 Å². The van der Waals surface area contributed by atoms with Crippen LogP contribution in [0.4, 0.5) is 0 Å². The SMILES string of the molecule is CCC(C(=O)NC(C)C)N(CCc1ccccc1)C(=O)CCCN1C(=O)c2ccccc2C1=O. The third-order valence-corrected chi connectivity index (χ3v) is 5.95. The van der Waals surface area contributed by atoms with Crippen LogP contribution in [-0.2, 0) is 16.0 Å². The van der Waals surface area contributed by atoms with Crippen molar-refractivity contribution in [3.63, 3.8) is 0 Å². The molecular formula is C27H33N3O4. The zero-order valence-electron chi connectivity index (χ0n) is 20.1. The average Bonchev–Trinajstić information content (AvgIpc) is 3.06. The highest BCUT2D eigenvalue weighted by atomic mass is 16.2. The maximum absolute atomic E-state index is 13.3. The Labute approximate surface area is 201 Å². The van der Waals surface area contributed by atoms with Crippen molar-refractivity contribution in [2.24, 2.45) is 0 Å². The van der Waals surface area contributed by atoms with Crippen molar-refractivity contribution < 1.29 is 19.2 Å². The first-order chi connectivity index (χ1) is 16.3. The van der Waals surface area contributed by atoms with Crippen molar-refractivity contribution >= 4 is 23.6 Å². The van der Waals surface area contributed by atoms with E-state index in [1.165, 1.54) is 4.90 Å². The van der Waals surface area contributed by atoms with Crippen LogP contribution < -0.4 is 5.32 Å². The highest BCUT2D eigenvalue weighted by Crippen LogP contribution is 2.23. The molecule has 180 valence electrons. The Hall–Kier alpha value is -3.48. The van der Waals surface area contributed by atoms with Gasteiger partial charge >= 0.3 is 0 Å². The van der Waals surface area contributed by atoms with Gasteiger partial charge in [0, 0.05) is 25.6 Å². The number of carbonyl (C=O) groups excluding carboxylic acids is 4. The summed E-state index contributed by atoms with van der Waals surface area (Å²) >= 11 is 0. The lowest BCUT2D eigenvalue weighted by atomic mass is 10.1. The summed E-state index contributed by atoms with van der Waals surface area (Å²) in [7, 11) is 0. The monoisotopic (exact) mass is 463 g/mol. The second-order valence-corrected chi connectivity index (χ2v) is 8.82. The smallest absolute Gasteiger partial charge is 0.261 e. The minimum atomic E-state index is -0.571. The van der Waals surface area contributed by atoms with Crippen molar-refractivity contribution in [2.45, 2.75) is 58.5 Å². The lowest BCUT2D eigenvalue weighted by Gasteiger charge is -2.31. The molecule has 0 saturated carbocycles. The van der Waals surface area contributed by atoms with Crippen LogP contribution in [0.5, 0.6) is 0 Å². The van der Waals surface area contributed by atoms with Gasteiger partial charge in [-0.15, -0.1) is 0 Å². The van der Waals surface area contributed by atoms with Gasteiger partial charge in [-0.05, 0) is 50.8 Å². The van der Waals surface area contributed by atoms with Crippen LogP contribution in [0.1, 0.15) is 66.3 Å². The second-order valence-electron chi connectivity index (χ2n) is 8.82. The minimum Gasteiger partial charge on any atom is -0.352 e. The van der Waals surface area contributed by atoms with Gasteiger partial charge in [-0.1, -0.05) is 49.4 Å². The van der Waals surface area contributed by atoms with Gasteiger partial charge in [-0.25, -0.2) is 0 Å². The summed E-state index contributed by atoms with van der Waals surface area (Å²) in [5.74, 6) is -0.967. The highest BCUT2D eigenvalue weighted by molar-refractivity contribution is 6.21. The molecule has 0 aromatic heterocycles. The molecule has 0 radical (unpaired) electrons. The number of benzene rings is 2. The number of nitrogens with one attached hydrogen (secondary N) is 1. The van der Waals surface area contributed by atoms with Crippen LogP contribution in [-0.4, -0.2) is 58.6 Å². The third-order valence-electron chi connectivity index (χ3n) is 5.95. The van der Waals surface area contributed by atoms with E-state index in [1.54, 1.807) is 29.2 Å². The molecule has 0 aliphatic carbocycles. The summed E-state index contributed by atoms with van der Waals surface area (Å²) < 4.78 is 0. The van der Waals surface area contributed by atoms with Gasteiger partial charge in [0.05, 0.1) is 11.1 Å². The van der Waals surface area contributed by atoms with Crippen molar-refractivity contribution in [3.8, 4) is 0 Å². The Kier molecular flexibility index (Phi) is 8.57. The molecule has 1 atom stereocenters. The van der Waals surface area contributed by atoms with Gasteiger partial charge < -0.3 is 10.2 Å². The van der Waals surface area contributed by atoms with Gasteiger partial charge in [0.25, 0.3) is 11.8 Å². The first kappa shape index (κ1) is 25.1. The number of carbonyl (C=O) groups is 4. The van der Waals surface area contributed by atoms with Crippen molar-refractivity contribution in [2.75, 3.05) is 13.1 Å². The second kappa shape index (κ2) is 11.6. The van der Waals surface area contributed by atoms with Gasteiger partial charge in [0.15, 0.2) is 0 Å². The fourth-order valence-corrected chi connectivity index (χ4v) is 4.25. The van der Waals surface area contributed by atoms with E-state index in [2.05, 4.69) is 5.32 Å². The number of rotatable bonds is 11. The Morgan fingerprint density at radius 3 is 2.09 bits per heavy atom. The van der Waals surface area contributed by atoms with Gasteiger partial charge in [-0.3, -0.25) is 24.1 Å². The Balaban J connectivity index is 1.66. The molecular weight excluding hydrogens is 430 g/mol. The zero-order valence-corrected chi connectivity index (χ0v) is 20.1. The summed E-state index contributed by atoms with van der Waals surface area (Å²) in [4.78, 5) is 54.1. The van der Waals surface area contributed by atoms with E-state index < -0.39 is 6.04 Å². The molecule has 7 nitrogen and oxygen atoms in total. The topological polar surface area (TPSA) is 86.8 Å². The molecule has 0 spiro atoms. The van der Waals surface area contributed by atoms with Gasteiger partial charge in [-0.2, -0.15) is 0 Å². The molecule has 4 amide bonds. The largest absolute Gasteiger partial charge is 0.352 e. The molecule has 1 N–H and O–H groups in total. The molecule has 1 aliphatic heterocycles. The molecule has 1 heterocycles. The molecule has 34 heavy (non-hydrogen) atoms. The molecule has 1 unspecified atom stereocenters. The molecule has 2 aromatic carbocycles. The predicted octanol–water partition coefficient (Wildman–Crippen LogP) is 3.44. The maximum atomic E-state index is 13.3. The van der Waals surface area contributed by atoms with E-state index >= 15 is 0 Å². The quantitative estimate of drug-likeness (QED) is 0.517. The summed E-state index contributed by atoms with van der Waals surface area (Å²) in [6.45, 7) is 6.26. The Morgan fingerprint density at radius 2 is 1.53 bits per heavy atom. The van der Waals surface area contributed by atoms with E-state index in [1.807, 2.05) is 51.1 Å². The maximum Gasteiger partial charge on any atom is 0.261 e. The number of nitrogens with zero attached hydrogens (tertiary/aromatic N) is 2. The Bertz CT molecular complexity index is 1000. The molecule has 2 aromatic rings. The summed E-state index contributed by atoms with van der Waals surface area (Å²) in [5.41, 5.74) is 1.89. The molecule has 7 heteroatoms. The standard InChI is InChI=1S/C27H33N3O4/c1-4-23(25(32)28-19(2)3)29(18-16-20-11-6-5-7-12-20)24(31)15-10-17-30-26(33)21-13-8-9-14-22(21)27(30)34/h5-9,11-14,19,23H,4,10,15-18H2,1-3H3,(H,28,32). The number of amides is 4. The molecule has 0 saturated heterocycles. The predicted molar refractivity (Wildman–Crippen MR) is 130 cm³/mol. The first-order valence-corrected chi connectivity index (χ1v) is 11.9. The first-order valence-electron chi connectivity index (χ1n) is 11.9. The van der Waals surface area contributed by atoms with E-state index in [-0.39, 0.29) is 42.6 Å².